The van der Waals surface area contributed by atoms with Crippen LogP contribution in [0.25, 0.3) is 0 Å². The van der Waals surface area contributed by atoms with Crippen LogP contribution in [0.4, 0.5) is 0 Å². The maximum atomic E-state index is 12.0. The van der Waals surface area contributed by atoms with Crippen LogP contribution in [0.2, 0.25) is 0 Å². The van der Waals surface area contributed by atoms with Crippen LogP contribution in [-0.4, -0.2) is 38.9 Å². The zero-order chi connectivity index (χ0) is 19.5. The van der Waals surface area contributed by atoms with Gasteiger partial charge < -0.3 is 18.5 Å². The summed E-state index contributed by atoms with van der Waals surface area (Å²) in [6.45, 7) is 0.245. The van der Waals surface area contributed by atoms with Crippen LogP contribution < -0.4 is 14.8 Å². The van der Waals surface area contributed by atoms with Crippen LogP contribution in [0.15, 0.2) is 52.2 Å². The first-order valence-corrected chi connectivity index (χ1v) is 9.39. The van der Waals surface area contributed by atoms with Crippen molar-refractivity contribution in [2.45, 2.75) is 11.3 Å². The Bertz CT molecular complexity index is 1010. The van der Waals surface area contributed by atoms with E-state index in [1.165, 1.54) is 0 Å². The molecule has 0 saturated heterocycles. The molecule has 0 aliphatic carbocycles. The number of carbonyl (C=O) groups excluding carboxylic acids is 2. The highest BCUT2D eigenvalue weighted by atomic mass is 32.2. The van der Waals surface area contributed by atoms with Crippen LogP contribution >= 0.6 is 11.8 Å². The van der Waals surface area contributed by atoms with E-state index in [1.54, 1.807) is 36.0 Å². The fraction of sp³-hybridized carbons (Fsp3) is 0.222. The molecule has 0 fully saturated rings. The monoisotopic (exact) mass is 400 g/mol. The number of thioether (sulfide) groups is 1. The Morgan fingerprint density at radius 2 is 2.04 bits per heavy atom. The van der Waals surface area contributed by atoms with Crippen molar-refractivity contribution in [2.75, 3.05) is 12.4 Å². The highest BCUT2D eigenvalue weighted by Crippen LogP contribution is 2.35. The number of amides is 2. The van der Waals surface area contributed by atoms with Crippen molar-refractivity contribution in [1.29, 1.82) is 0 Å². The minimum Gasteiger partial charge on any atom is -0.485 e. The predicted molar refractivity (Wildman–Crippen MR) is 98.2 cm³/mol. The largest absolute Gasteiger partial charge is 0.485 e. The minimum atomic E-state index is -0.524. The second kappa shape index (κ2) is 7.77. The van der Waals surface area contributed by atoms with E-state index in [9.17, 15) is 9.59 Å². The van der Waals surface area contributed by atoms with Gasteiger partial charge in [0.2, 0.25) is 12.0 Å². The van der Waals surface area contributed by atoms with E-state index in [4.69, 9.17) is 13.9 Å². The molecule has 2 amide bonds. The van der Waals surface area contributed by atoms with Crippen molar-refractivity contribution in [3.63, 3.8) is 0 Å². The molecule has 9 nitrogen and oxygen atoms in total. The van der Waals surface area contributed by atoms with Gasteiger partial charge in [-0.3, -0.25) is 14.9 Å². The lowest BCUT2D eigenvalue weighted by molar-refractivity contribution is -0.117. The predicted octanol–water partition coefficient (Wildman–Crippen LogP) is 1.97. The van der Waals surface area contributed by atoms with Gasteiger partial charge in [-0.2, -0.15) is 0 Å². The van der Waals surface area contributed by atoms with Gasteiger partial charge >= 0.3 is 0 Å². The molecule has 1 aliphatic heterocycles. The number of para-hydroxylation sites is 2. The Kier molecular flexibility index (Phi) is 5.02. The fourth-order valence-electron chi connectivity index (χ4n) is 2.60. The number of carbonyl (C=O) groups is 2. The van der Waals surface area contributed by atoms with Crippen LogP contribution in [0, 0.1) is 0 Å². The first-order chi connectivity index (χ1) is 13.6. The van der Waals surface area contributed by atoms with Gasteiger partial charge in [0.15, 0.2) is 11.5 Å². The summed E-state index contributed by atoms with van der Waals surface area (Å²) in [5.41, 5.74) is 0.396. The molecule has 0 spiro atoms. The van der Waals surface area contributed by atoms with Crippen molar-refractivity contribution in [1.82, 2.24) is 20.1 Å². The van der Waals surface area contributed by atoms with E-state index in [1.807, 2.05) is 18.2 Å². The number of ether oxygens (including phenoxy) is 2. The lowest BCUT2D eigenvalue weighted by atomic mass is 10.2. The van der Waals surface area contributed by atoms with E-state index in [-0.39, 0.29) is 23.5 Å². The van der Waals surface area contributed by atoms with Gasteiger partial charge in [0.25, 0.3) is 17.0 Å². The minimum absolute atomic E-state index is 0.0390. The molecule has 0 saturated carbocycles. The normalized spacial score (nSPS) is 15.2. The van der Waals surface area contributed by atoms with E-state index >= 15 is 0 Å². The molecule has 3 heterocycles. The Morgan fingerprint density at radius 3 is 2.82 bits per heavy atom. The first kappa shape index (κ1) is 18.1. The molecular weight excluding hydrogens is 384 g/mol. The average Bonchev–Trinajstić information content (AvgIpc) is 3.35. The fourth-order valence-corrected chi connectivity index (χ4v) is 3.17. The first-order valence-electron chi connectivity index (χ1n) is 8.40. The quantitative estimate of drug-likeness (QED) is 0.648. The Morgan fingerprint density at radius 1 is 1.21 bits per heavy atom. The van der Waals surface area contributed by atoms with E-state index in [2.05, 4.69) is 15.5 Å². The number of fused-ring (bicyclic) bond motifs is 1. The van der Waals surface area contributed by atoms with Gasteiger partial charge in [-0.15, -0.1) is 10.2 Å². The molecule has 0 bridgehead atoms. The number of aromatic nitrogens is 3. The van der Waals surface area contributed by atoms with Crippen LogP contribution in [-0.2, 0) is 11.8 Å². The lowest BCUT2D eigenvalue weighted by Gasteiger charge is -2.23. The SMILES string of the molecule is Cn1cccc1C(=O)NC(=O)CSc1nnc(C2COc3ccccc3O2)o1. The number of benzene rings is 1. The second-order valence-corrected chi connectivity index (χ2v) is 6.87. The number of aryl methyl sites for hydroxylation is 1. The number of hydrogen-bond donors (Lipinski definition) is 1. The number of hydrogen-bond acceptors (Lipinski definition) is 8. The van der Waals surface area contributed by atoms with Crippen molar-refractivity contribution in [2.24, 2.45) is 7.05 Å². The number of rotatable bonds is 5. The molecule has 10 heteroatoms. The third kappa shape index (κ3) is 3.86. The second-order valence-electron chi connectivity index (χ2n) is 5.94. The smallest absolute Gasteiger partial charge is 0.277 e. The zero-order valence-corrected chi connectivity index (χ0v) is 15.6. The molecule has 1 aliphatic rings. The molecule has 3 aromatic rings. The summed E-state index contributed by atoms with van der Waals surface area (Å²) in [5, 5.41) is 10.4. The molecule has 4 rings (SSSR count). The lowest BCUT2D eigenvalue weighted by Crippen LogP contribution is -2.32. The molecule has 1 atom stereocenters. The number of imide groups is 1. The van der Waals surface area contributed by atoms with Crippen molar-refractivity contribution >= 4 is 23.6 Å². The Labute approximate surface area is 164 Å². The standard InChI is InChI=1S/C18H16N4O5S/c1-22-8-4-5-11(22)16(24)19-15(23)10-28-18-21-20-17(27-18)14-9-25-12-6-2-3-7-13(12)26-14/h2-8,14H,9-10H2,1H3,(H,19,23,24). The summed E-state index contributed by atoms with van der Waals surface area (Å²) in [6, 6.07) is 10.7. The third-order valence-corrected chi connectivity index (χ3v) is 4.78. The molecule has 2 aromatic heterocycles. The summed E-state index contributed by atoms with van der Waals surface area (Å²) < 4.78 is 18.6. The molecule has 144 valence electrons. The van der Waals surface area contributed by atoms with Crippen molar-refractivity contribution in [3.8, 4) is 11.5 Å². The summed E-state index contributed by atoms with van der Waals surface area (Å²) in [7, 11) is 1.73. The highest BCUT2D eigenvalue weighted by Gasteiger charge is 2.27. The van der Waals surface area contributed by atoms with Gasteiger partial charge in [0, 0.05) is 13.2 Å². The van der Waals surface area contributed by atoms with Gasteiger partial charge in [-0.1, -0.05) is 23.9 Å². The van der Waals surface area contributed by atoms with E-state index in [0.29, 0.717) is 17.2 Å². The highest BCUT2D eigenvalue weighted by molar-refractivity contribution is 7.99. The summed E-state index contributed by atoms with van der Waals surface area (Å²) in [4.78, 5) is 24.0. The summed E-state index contributed by atoms with van der Waals surface area (Å²) in [5.74, 6) is 0.565. The molecule has 28 heavy (non-hydrogen) atoms. The Hall–Kier alpha value is -3.27. The van der Waals surface area contributed by atoms with Crippen LogP contribution in [0.5, 0.6) is 11.5 Å². The van der Waals surface area contributed by atoms with Crippen LogP contribution in [0.1, 0.15) is 22.5 Å². The van der Waals surface area contributed by atoms with Gasteiger partial charge in [0.05, 0.1) is 5.75 Å². The van der Waals surface area contributed by atoms with Crippen molar-refractivity contribution < 1.29 is 23.5 Å². The van der Waals surface area contributed by atoms with Gasteiger partial charge in [-0.05, 0) is 24.3 Å². The molecule has 1 unspecified atom stereocenters. The van der Waals surface area contributed by atoms with E-state index in [0.717, 1.165) is 11.8 Å². The average molecular weight is 400 g/mol. The van der Waals surface area contributed by atoms with Gasteiger partial charge in [-0.25, -0.2) is 0 Å². The summed E-state index contributed by atoms with van der Waals surface area (Å²) >= 11 is 1.03. The molecule has 1 N–H and O–H groups in total. The maximum absolute atomic E-state index is 12.0. The molecule has 1 aromatic carbocycles. The van der Waals surface area contributed by atoms with Crippen LogP contribution in [0.3, 0.4) is 0 Å². The number of nitrogens with one attached hydrogen (secondary N) is 1. The Balaban J connectivity index is 1.31. The van der Waals surface area contributed by atoms with Crippen molar-refractivity contribution in [3.05, 3.63) is 54.2 Å². The van der Waals surface area contributed by atoms with Gasteiger partial charge in [0.1, 0.15) is 12.3 Å². The molecule has 0 radical (unpaired) electrons. The zero-order valence-electron chi connectivity index (χ0n) is 14.8. The molecular formula is C18H16N4O5S. The third-order valence-electron chi connectivity index (χ3n) is 3.96. The maximum Gasteiger partial charge on any atom is 0.277 e. The topological polar surface area (TPSA) is 108 Å². The van der Waals surface area contributed by atoms with E-state index < -0.39 is 17.9 Å². The summed E-state index contributed by atoms with van der Waals surface area (Å²) in [6.07, 6.45) is 1.20. The number of nitrogens with zero attached hydrogens (tertiary/aromatic N) is 3.